The first-order valence-corrected chi connectivity index (χ1v) is 8.26. The number of anilines is 2. The van der Waals surface area contributed by atoms with Gasteiger partial charge >= 0.3 is 0 Å². The van der Waals surface area contributed by atoms with Crippen molar-refractivity contribution in [3.63, 3.8) is 0 Å². The fourth-order valence-electron chi connectivity index (χ4n) is 2.58. The van der Waals surface area contributed by atoms with Crippen LogP contribution in [-0.4, -0.2) is 23.6 Å². The molecule has 0 saturated heterocycles. The first-order chi connectivity index (χ1) is 12.2. The van der Waals surface area contributed by atoms with Gasteiger partial charge in [0.1, 0.15) is 23.8 Å². The lowest BCUT2D eigenvalue weighted by Crippen LogP contribution is -2.18. The van der Waals surface area contributed by atoms with Crippen LogP contribution < -0.4 is 10.2 Å². The molecule has 0 aliphatic rings. The summed E-state index contributed by atoms with van der Waals surface area (Å²) in [5.74, 6) is 1.44. The highest BCUT2D eigenvalue weighted by atomic mass is 19.1. The first-order valence-electron chi connectivity index (χ1n) is 8.26. The van der Waals surface area contributed by atoms with Crippen molar-refractivity contribution in [1.82, 2.24) is 9.97 Å². The Balaban J connectivity index is 1.56. The lowest BCUT2D eigenvalue weighted by Gasteiger charge is -2.18. The minimum atomic E-state index is -0.210. The van der Waals surface area contributed by atoms with E-state index in [1.54, 1.807) is 18.5 Å². The molecule has 1 N–H and O–H groups in total. The Hall–Kier alpha value is -2.95. The Morgan fingerprint density at radius 3 is 2.48 bits per heavy atom. The molecule has 0 atom stereocenters. The van der Waals surface area contributed by atoms with E-state index in [0.29, 0.717) is 0 Å². The Labute approximate surface area is 147 Å². The molecule has 4 nitrogen and oxygen atoms in total. The molecule has 128 valence electrons. The van der Waals surface area contributed by atoms with Crippen LogP contribution in [0.3, 0.4) is 0 Å². The van der Waals surface area contributed by atoms with E-state index < -0.39 is 0 Å². The van der Waals surface area contributed by atoms with Crippen LogP contribution in [0.25, 0.3) is 0 Å². The van der Waals surface area contributed by atoms with Gasteiger partial charge in [-0.2, -0.15) is 0 Å². The van der Waals surface area contributed by atoms with Crippen molar-refractivity contribution < 1.29 is 4.39 Å². The maximum Gasteiger partial charge on any atom is 0.134 e. The molecule has 1 aromatic heterocycles. The monoisotopic (exact) mass is 336 g/mol. The van der Waals surface area contributed by atoms with E-state index in [0.717, 1.165) is 36.7 Å². The minimum Gasteiger partial charge on any atom is -0.370 e. The summed E-state index contributed by atoms with van der Waals surface area (Å²) in [5, 5.41) is 3.30. The topological polar surface area (TPSA) is 41.0 Å². The molecule has 3 rings (SSSR count). The fraction of sp³-hybridized carbons (Fsp3) is 0.200. The van der Waals surface area contributed by atoms with Crippen molar-refractivity contribution in [3.05, 3.63) is 83.9 Å². The highest BCUT2D eigenvalue weighted by Gasteiger charge is 2.05. The van der Waals surface area contributed by atoms with E-state index in [1.807, 2.05) is 31.3 Å². The average Bonchev–Trinajstić information content (AvgIpc) is 2.64. The highest BCUT2D eigenvalue weighted by molar-refractivity contribution is 5.48. The molecule has 0 spiro atoms. The Morgan fingerprint density at radius 1 is 0.960 bits per heavy atom. The molecule has 0 saturated carbocycles. The third-order valence-electron chi connectivity index (χ3n) is 3.94. The SMILES string of the molecule is CN(Cc1ccccc1)c1cc(NCCc2ccc(F)cc2)ncn1. The number of rotatable bonds is 7. The van der Waals surface area contributed by atoms with Gasteiger partial charge in [-0.1, -0.05) is 42.5 Å². The zero-order valence-corrected chi connectivity index (χ0v) is 14.2. The van der Waals surface area contributed by atoms with Gasteiger partial charge in [-0.3, -0.25) is 0 Å². The number of halogens is 1. The van der Waals surface area contributed by atoms with E-state index >= 15 is 0 Å². The van der Waals surface area contributed by atoms with Crippen LogP contribution >= 0.6 is 0 Å². The van der Waals surface area contributed by atoms with Gasteiger partial charge in [0, 0.05) is 26.2 Å². The molecule has 3 aromatic rings. The second-order valence-electron chi connectivity index (χ2n) is 5.91. The minimum absolute atomic E-state index is 0.210. The van der Waals surface area contributed by atoms with E-state index in [9.17, 15) is 4.39 Å². The quantitative estimate of drug-likeness (QED) is 0.710. The van der Waals surface area contributed by atoms with E-state index in [1.165, 1.54) is 17.7 Å². The number of hydrogen-bond donors (Lipinski definition) is 1. The largest absolute Gasteiger partial charge is 0.370 e. The van der Waals surface area contributed by atoms with Crippen molar-refractivity contribution in [2.75, 3.05) is 23.8 Å². The highest BCUT2D eigenvalue weighted by Crippen LogP contribution is 2.15. The lowest BCUT2D eigenvalue weighted by molar-refractivity contribution is 0.627. The predicted molar refractivity (Wildman–Crippen MR) is 99.2 cm³/mol. The van der Waals surface area contributed by atoms with Gasteiger partial charge in [0.2, 0.25) is 0 Å². The van der Waals surface area contributed by atoms with Gasteiger partial charge in [0.25, 0.3) is 0 Å². The van der Waals surface area contributed by atoms with Crippen LogP contribution in [-0.2, 0) is 13.0 Å². The standard InChI is InChI=1S/C20H21FN4/c1-25(14-17-5-3-2-4-6-17)20-13-19(23-15-24-20)22-12-11-16-7-9-18(21)10-8-16/h2-10,13,15H,11-12,14H2,1H3,(H,22,23,24). The maximum atomic E-state index is 12.9. The molecular formula is C20H21FN4. The lowest BCUT2D eigenvalue weighted by atomic mass is 10.1. The zero-order chi connectivity index (χ0) is 17.5. The van der Waals surface area contributed by atoms with Gasteiger partial charge in [-0.05, 0) is 29.7 Å². The molecule has 1 heterocycles. The molecule has 5 heteroatoms. The van der Waals surface area contributed by atoms with Gasteiger partial charge in [-0.25, -0.2) is 14.4 Å². The average molecular weight is 336 g/mol. The van der Waals surface area contributed by atoms with Crippen LogP contribution in [0, 0.1) is 5.82 Å². The van der Waals surface area contributed by atoms with E-state index in [2.05, 4.69) is 32.3 Å². The summed E-state index contributed by atoms with van der Waals surface area (Å²) in [6.45, 7) is 1.51. The fourth-order valence-corrected chi connectivity index (χ4v) is 2.58. The second kappa shape index (κ2) is 8.24. The van der Waals surface area contributed by atoms with Crippen molar-refractivity contribution >= 4 is 11.6 Å². The molecule has 25 heavy (non-hydrogen) atoms. The molecule has 0 amide bonds. The third kappa shape index (κ3) is 5.01. The van der Waals surface area contributed by atoms with Gasteiger partial charge in [0.15, 0.2) is 0 Å². The van der Waals surface area contributed by atoms with Gasteiger partial charge < -0.3 is 10.2 Å². The molecule has 0 bridgehead atoms. The first kappa shape index (κ1) is 16.9. The summed E-state index contributed by atoms with van der Waals surface area (Å²) in [4.78, 5) is 10.7. The number of benzene rings is 2. The molecule has 0 aliphatic carbocycles. The predicted octanol–water partition coefficient (Wildman–Crippen LogP) is 3.91. The van der Waals surface area contributed by atoms with Crippen molar-refractivity contribution in [2.45, 2.75) is 13.0 Å². The maximum absolute atomic E-state index is 12.9. The summed E-state index contributed by atoms with van der Waals surface area (Å²) in [7, 11) is 2.01. The molecule has 0 unspecified atom stereocenters. The number of nitrogens with zero attached hydrogens (tertiary/aromatic N) is 3. The van der Waals surface area contributed by atoms with E-state index in [4.69, 9.17) is 0 Å². The van der Waals surface area contributed by atoms with Crippen LogP contribution in [0.4, 0.5) is 16.0 Å². The zero-order valence-electron chi connectivity index (χ0n) is 14.2. The number of nitrogens with one attached hydrogen (secondary N) is 1. The van der Waals surface area contributed by atoms with Crippen LogP contribution in [0.1, 0.15) is 11.1 Å². The van der Waals surface area contributed by atoms with E-state index in [-0.39, 0.29) is 5.82 Å². The molecule has 0 radical (unpaired) electrons. The summed E-state index contributed by atoms with van der Waals surface area (Å²) in [6.07, 6.45) is 2.37. The smallest absolute Gasteiger partial charge is 0.134 e. The molecular weight excluding hydrogens is 315 g/mol. The van der Waals surface area contributed by atoms with Crippen LogP contribution in [0.5, 0.6) is 0 Å². The number of hydrogen-bond acceptors (Lipinski definition) is 4. The summed E-state index contributed by atoms with van der Waals surface area (Å²) < 4.78 is 12.9. The Bertz CT molecular complexity index is 790. The molecule has 0 aliphatic heterocycles. The molecule has 2 aromatic carbocycles. The third-order valence-corrected chi connectivity index (χ3v) is 3.94. The van der Waals surface area contributed by atoms with Gasteiger partial charge in [-0.15, -0.1) is 0 Å². The van der Waals surface area contributed by atoms with Crippen molar-refractivity contribution in [3.8, 4) is 0 Å². The van der Waals surface area contributed by atoms with Crippen molar-refractivity contribution in [1.29, 1.82) is 0 Å². The second-order valence-corrected chi connectivity index (χ2v) is 5.91. The van der Waals surface area contributed by atoms with Crippen LogP contribution in [0.2, 0.25) is 0 Å². The summed E-state index contributed by atoms with van der Waals surface area (Å²) >= 11 is 0. The Morgan fingerprint density at radius 2 is 1.72 bits per heavy atom. The Kier molecular flexibility index (Phi) is 5.57. The normalized spacial score (nSPS) is 10.5. The van der Waals surface area contributed by atoms with Gasteiger partial charge in [0.05, 0.1) is 0 Å². The summed E-state index contributed by atoms with van der Waals surface area (Å²) in [6, 6.07) is 18.8. The number of aromatic nitrogens is 2. The van der Waals surface area contributed by atoms with Crippen LogP contribution in [0.15, 0.2) is 67.0 Å². The van der Waals surface area contributed by atoms with Crippen molar-refractivity contribution in [2.24, 2.45) is 0 Å². The summed E-state index contributed by atoms with van der Waals surface area (Å²) in [5.41, 5.74) is 2.32. The molecule has 0 fully saturated rings.